The summed E-state index contributed by atoms with van der Waals surface area (Å²) in [6.07, 6.45) is 3.54. The molecule has 0 bridgehead atoms. The largest absolute Gasteiger partial charge is 0.480 e. The molecule has 9 heteroatoms. The topological polar surface area (TPSA) is 96.2 Å². The second-order valence-electron chi connectivity index (χ2n) is 4.16. The number of carbonyl (C=O) groups is 2. The summed E-state index contributed by atoms with van der Waals surface area (Å²) in [5, 5.41) is 17.7. The Hall–Kier alpha value is -2.06. The third kappa shape index (κ3) is 5.09. The Morgan fingerprint density at radius 1 is 1.43 bits per heavy atom. The number of carboxylic acids is 1. The minimum Gasteiger partial charge on any atom is -0.480 e. The van der Waals surface area contributed by atoms with Crippen LogP contribution >= 0.6 is 22.9 Å². The first-order valence-corrected chi connectivity index (χ1v) is 7.25. The second-order valence-corrected chi connectivity index (χ2v) is 5.96. The van der Waals surface area contributed by atoms with Crippen LogP contribution in [0.4, 0.5) is 10.5 Å². The van der Waals surface area contributed by atoms with E-state index in [0.717, 1.165) is 9.21 Å². The average Bonchev–Trinajstić information content (AvgIpc) is 2.98. The van der Waals surface area contributed by atoms with Gasteiger partial charge in [-0.1, -0.05) is 11.6 Å². The molecule has 2 rings (SSSR count). The quantitative estimate of drug-likeness (QED) is 0.756. The molecule has 0 saturated heterocycles. The zero-order chi connectivity index (χ0) is 15.2. The lowest BCUT2D eigenvalue weighted by Gasteiger charge is -2.04. The van der Waals surface area contributed by atoms with E-state index in [0.29, 0.717) is 18.7 Å². The molecule has 2 heterocycles. The Balaban J connectivity index is 1.74. The first kappa shape index (κ1) is 15.3. The predicted molar refractivity (Wildman–Crippen MR) is 79.9 cm³/mol. The van der Waals surface area contributed by atoms with E-state index in [9.17, 15) is 9.59 Å². The highest BCUT2D eigenvalue weighted by Crippen LogP contribution is 2.21. The van der Waals surface area contributed by atoms with Crippen molar-refractivity contribution in [2.24, 2.45) is 0 Å². The Morgan fingerprint density at radius 3 is 2.90 bits per heavy atom. The van der Waals surface area contributed by atoms with Crippen molar-refractivity contribution in [2.45, 2.75) is 13.0 Å². The molecular formula is C12H13ClN4O3S. The van der Waals surface area contributed by atoms with Crippen LogP contribution in [0.25, 0.3) is 0 Å². The molecule has 0 fully saturated rings. The van der Waals surface area contributed by atoms with Gasteiger partial charge in [-0.3, -0.25) is 9.48 Å². The van der Waals surface area contributed by atoms with Crippen LogP contribution in [0.2, 0.25) is 4.34 Å². The van der Waals surface area contributed by atoms with Gasteiger partial charge in [-0.05, 0) is 18.6 Å². The maximum atomic E-state index is 11.6. The molecule has 0 aliphatic heterocycles. The van der Waals surface area contributed by atoms with Crippen molar-refractivity contribution in [3.63, 3.8) is 0 Å². The van der Waals surface area contributed by atoms with Gasteiger partial charge in [-0.25, -0.2) is 4.79 Å². The summed E-state index contributed by atoms with van der Waals surface area (Å²) in [5.41, 5.74) is 0.438. The minimum absolute atomic E-state index is 0.248. The van der Waals surface area contributed by atoms with E-state index in [1.165, 1.54) is 28.4 Å². The Bertz CT molecular complexity index is 640. The van der Waals surface area contributed by atoms with Gasteiger partial charge in [0.2, 0.25) is 0 Å². The zero-order valence-electron chi connectivity index (χ0n) is 10.9. The number of urea groups is 1. The molecule has 0 aliphatic rings. The smallest absolute Gasteiger partial charge is 0.325 e. The van der Waals surface area contributed by atoms with Crippen molar-refractivity contribution in [1.29, 1.82) is 0 Å². The van der Waals surface area contributed by atoms with Crippen LogP contribution in [0.15, 0.2) is 24.5 Å². The lowest BCUT2D eigenvalue weighted by Crippen LogP contribution is -2.30. The fourth-order valence-electron chi connectivity index (χ4n) is 1.61. The molecule has 0 spiro atoms. The molecule has 0 unspecified atom stereocenters. The summed E-state index contributed by atoms with van der Waals surface area (Å²) in [4.78, 5) is 23.2. The van der Waals surface area contributed by atoms with Gasteiger partial charge in [0.1, 0.15) is 6.54 Å². The Kier molecular flexibility index (Phi) is 5.18. The number of carboxylic acid groups (broad SMARTS) is 1. The fourth-order valence-corrected chi connectivity index (χ4v) is 2.70. The highest BCUT2D eigenvalue weighted by Gasteiger charge is 2.06. The highest BCUT2D eigenvalue weighted by molar-refractivity contribution is 7.16. The maximum Gasteiger partial charge on any atom is 0.325 e. The van der Waals surface area contributed by atoms with Crippen molar-refractivity contribution in [3.05, 3.63) is 33.7 Å². The number of aliphatic carboxylic acids is 1. The number of rotatable bonds is 6. The van der Waals surface area contributed by atoms with Crippen molar-refractivity contribution in [1.82, 2.24) is 15.1 Å². The van der Waals surface area contributed by atoms with Crippen LogP contribution in [0.3, 0.4) is 0 Å². The van der Waals surface area contributed by atoms with E-state index in [2.05, 4.69) is 15.7 Å². The molecule has 2 aromatic heterocycles. The molecule has 0 saturated carbocycles. The van der Waals surface area contributed by atoms with Gasteiger partial charge in [-0.2, -0.15) is 5.10 Å². The molecule has 0 aliphatic carbocycles. The average molecular weight is 329 g/mol. The number of nitrogens with zero attached hydrogens (tertiary/aromatic N) is 2. The third-order valence-corrected chi connectivity index (χ3v) is 3.77. The van der Waals surface area contributed by atoms with Crippen molar-refractivity contribution in [3.8, 4) is 0 Å². The lowest BCUT2D eigenvalue weighted by molar-refractivity contribution is -0.137. The van der Waals surface area contributed by atoms with Crippen molar-refractivity contribution < 1.29 is 14.7 Å². The maximum absolute atomic E-state index is 11.6. The SMILES string of the molecule is O=C(O)Cn1cc(NC(=O)NCCc2ccc(Cl)s2)cn1. The highest BCUT2D eigenvalue weighted by atomic mass is 35.5. The molecule has 3 N–H and O–H groups in total. The predicted octanol–water partition coefficient (Wildman–Crippen LogP) is 2.05. The van der Waals surface area contributed by atoms with Gasteiger partial charge in [0, 0.05) is 17.6 Å². The molecule has 0 radical (unpaired) electrons. The lowest BCUT2D eigenvalue weighted by atomic mass is 10.3. The number of amides is 2. The molecule has 7 nitrogen and oxygen atoms in total. The van der Waals surface area contributed by atoms with E-state index >= 15 is 0 Å². The number of hydrogen-bond donors (Lipinski definition) is 3. The van der Waals surface area contributed by atoms with Crippen LogP contribution in [0, 0.1) is 0 Å². The van der Waals surface area contributed by atoms with Gasteiger partial charge in [0.05, 0.1) is 16.2 Å². The second kappa shape index (κ2) is 7.09. The molecule has 0 aromatic carbocycles. The number of aromatic nitrogens is 2. The number of anilines is 1. The van der Waals surface area contributed by atoms with E-state index in [-0.39, 0.29) is 12.6 Å². The molecule has 21 heavy (non-hydrogen) atoms. The Morgan fingerprint density at radius 2 is 2.24 bits per heavy atom. The van der Waals surface area contributed by atoms with E-state index in [1.54, 1.807) is 0 Å². The fraction of sp³-hybridized carbons (Fsp3) is 0.250. The summed E-state index contributed by atoms with van der Waals surface area (Å²) < 4.78 is 1.95. The minimum atomic E-state index is -0.997. The van der Waals surface area contributed by atoms with Crippen molar-refractivity contribution in [2.75, 3.05) is 11.9 Å². The number of nitrogens with one attached hydrogen (secondary N) is 2. The summed E-state index contributed by atoms with van der Waals surface area (Å²) in [7, 11) is 0. The first-order valence-electron chi connectivity index (χ1n) is 6.06. The van der Waals surface area contributed by atoms with Crippen LogP contribution < -0.4 is 10.6 Å². The third-order valence-electron chi connectivity index (χ3n) is 2.47. The van der Waals surface area contributed by atoms with Gasteiger partial charge in [-0.15, -0.1) is 11.3 Å². The summed E-state index contributed by atoms with van der Waals surface area (Å²) in [6, 6.07) is 3.37. The van der Waals surface area contributed by atoms with Crippen LogP contribution in [0.5, 0.6) is 0 Å². The van der Waals surface area contributed by atoms with Gasteiger partial charge < -0.3 is 15.7 Å². The van der Waals surface area contributed by atoms with Gasteiger partial charge >= 0.3 is 12.0 Å². The van der Waals surface area contributed by atoms with Crippen LogP contribution in [-0.4, -0.2) is 33.4 Å². The molecule has 2 amide bonds. The summed E-state index contributed by atoms with van der Waals surface area (Å²) in [6.45, 7) is 0.231. The molecule has 2 aromatic rings. The van der Waals surface area contributed by atoms with Crippen molar-refractivity contribution >= 4 is 40.6 Å². The van der Waals surface area contributed by atoms with Gasteiger partial charge in [0.25, 0.3) is 0 Å². The number of carbonyl (C=O) groups excluding carboxylic acids is 1. The summed E-state index contributed by atoms with van der Waals surface area (Å²) in [5.74, 6) is -0.997. The monoisotopic (exact) mass is 328 g/mol. The normalized spacial score (nSPS) is 10.3. The van der Waals surface area contributed by atoms with E-state index < -0.39 is 5.97 Å². The molecular weight excluding hydrogens is 316 g/mol. The molecule has 0 atom stereocenters. The van der Waals surface area contributed by atoms with Crippen LogP contribution in [0.1, 0.15) is 4.88 Å². The summed E-state index contributed by atoms with van der Waals surface area (Å²) >= 11 is 7.29. The molecule has 112 valence electrons. The standard InChI is InChI=1S/C12H13ClN4O3S/c13-10-2-1-9(21-10)3-4-14-12(20)16-8-5-15-17(6-8)7-11(18)19/h1-2,5-6H,3-4,7H2,(H,18,19)(H2,14,16,20). The Labute approximate surface area is 129 Å². The van der Waals surface area contributed by atoms with Gasteiger partial charge in [0.15, 0.2) is 0 Å². The number of thiophene rings is 1. The van der Waals surface area contributed by atoms with E-state index in [1.807, 2.05) is 12.1 Å². The van der Waals surface area contributed by atoms with Crippen LogP contribution in [-0.2, 0) is 17.8 Å². The van der Waals surface area contributed by atoms with E-state index in [4.69, 9.17) is 16.7 Å². The first-order chi connectivity index (χ1) is 10.0. The zero-order valence-corrected chi connectivity index (χ0v) is 12.4. The number of hydrogen-bond acceptors (Lipinski definition) is 4. The number of halogens is 1.